The molecule has 0 fully saturated rings. The van der Waals surface area contributed by atoms with Gasteiger partial charge >= 0.3 is 0 Å². The second-order valence-electron chi connectivity index (χ2n) is 6.64. The van der Waals surface area contributed by atoms with E-state index in [1.807, 2.05) is 48.5 Å². The highest BCUT2D eigenvalue weighted by molar-refractivity contribution is 6.12. The van der Waals surface area contributed by atoms with Crippen LogP contribution in [0.2, 0.25) is 0 Å². The molecule has 0 spiro atoms. The molecular weight excluding hydrogens is 366 g/mol. The van der Waals surface area contributed by atoms with Crippen molar-refractivity contribution in [1.29, 1.82) is 0 Å². The van der Waals surface area contributed by atoms with Gasteiger partial charge in [-0.05, 0) is 42.8 Å². The Morgan fingerprint density at radius 2 is 1.93 bits per heavy atom. The molecule has 0 unspecified atom stereocenters. The van der Waals surface area contributed by atoms with Gasteiger partial charge in [0.1, 0.15) is 12.0 Å². The van der Waals surface area contributed by atoms with Crippen molar-refractivity contribution in [1.82, 2.24) is 10.1 Å². The monoisotopic (exact) mass is 387 g/mol. The van der Waals surface area contributed by atoms with Gasteiger partial charge in [-0.1, -0.05) is 36.7 Å². The number of amides is 1. The molecule has 0 aliphatic rings. The van der Waals surface area contributed by atoms with Crippen molar-refractivity contribution in [2.45, 2.75) is 19.8 Å². The van der Waals surface area contributed by atoms with Crippen LogP contribution in [0.15, 0.2) is 71.4 Å². The van der Waals surface area contributed by atoms with Crippen LogP contribution in [0.3, 0.4) is 0 Å². The van der Waals surface area contributed by atoms with Gasteiger partial charge in [0, 0.05) is 17.0 Å². The first-order valence-corrected chi connectivity index (χ1v) is 9.59. The van der Waals surface area contributed by atoms with Gasteiger partial charge in [-0.2, -0.15) is 0 Å². The summed E-state index contributed by atoms with van der Waals surface area (Å²) in [5.74, 6) is 0.927. The average Bonchev–Trinajstić information content (AvgIpc) is 3.26. The summed E-state index contributed by atoms with van der Waals surface area (Å²) >= 11 is 0. The van der Waals surface area contributed by atoms with Crippen LogP contribution in [0.1, 0.15) is 30.1 Å². The summed E-state index contributed by atoms with van der Waals surface area (Å²) in [5.41, 5.74) is 2.90. The number of nitrogens with one attached hydrogen (secondary N) is 1. The highest BCUT2D eigenvalue weighted by Crippen LogP contribution is 2.27. The molecule has 0 aliphatic carbocycles. The zero-order chi connectivity index (χ0) is 20.1. The number of aromatic nitrogens is 2. The summed E-state index contributed by atoms with van der Waals surface area (Å²) in [6, 6.07) is 18.7. The summed E-state index contributed by atoms with van der Waals surface area (Å²) in [5, 5.41) is 7.28. The number of benzene rings is 2. The average molecular weight is 387 g/mol. The van der Waals surface area contributed by atoms with Crippen LogP contribution in [0.4, 0.5) is 5.82 Å². The van der Waals surface area contributed by atoms with Gasteiger partial charge in [-0.25, -0.2) is 4.98 Å². The minimum Gasteiger partial charge on any atom is -0.494 e. The van der Waals surface area contributed by atoms with Crippen LogP contribution < -0.4 is 10.1 Å². The van der Waals surface area contributed by atoms with Gasteiger partial charge < -0.3 is 14.6 Å². The van der Waals surface area contributed by atoms with E-state index >= 15 is 0 Å². The molecule has 6 heteroatoms. The number of carbonyl (C=O) groups is 1. The minimum atomic E-state index is -0.265. The standard InChI is InChI=1S/C23H21N3O3/c1-2-3-13-28-17-10-8-16(9-11-17)21-15-19(18-6-4-5-7-20(18)24-21)23(27)25-22-12-14-29-26-22/h4-12,14-15H,2-3,13H2,1H3,(H,25,26,27). The lowest BCUT2D eigenvalue weighted by Gasteiger charge is -2.10. The molecule has 0 atom stereocenters. The molecule has 6 nitrogen and oxygen atoms in total. The number of carbonyl (C=O) groups excluding carboxylic acids is 1. The number of hydrogen-bond donors (Lipinski definition) is 1. The molecule has 1 N–H and O–H groups in total. The highest BCUT2D eigenvalue weighted by Gasteiger charge is 2.15. The maximum atomic E-state index is 12.9. The topological polar surface area (TPSA) is 77.2 Å². The molecule has 0 aliphatic heterocycles. The van der Waals surface area contributed by atoms with Gasteiger partial charge in [-0.15, -0.1) is 0 Å². The molecule has 0 bridgehead atoms. The Morgan fingerprint density at radius 3 is 2.69 bits per heavy atom. The zero-order valence-electron chi connectivity index (χ0n) is 16.1. The number of anilines is 1. The van der Waals surface area contributed by atoms with Gasteiger partial charge in [0.15, 0.2) is 5.82 Å². The third kappa shape index (κ3) is 4.27. The molecule has 146 valence electrons. The third-order valence-electron chi connectivity index (χ3n) is 4.56. The predicted molar refractivity (Wildman–Crippen MR) is 112 cm³/mol. The fraction of sp³-hybridized carbons (Fsp3) is 0.174. The first-order valence-electron chi connectivity index (χ1n) is 9.59. The molecule has 1 amide bonds. The van der Waals surface area contributed by atoms with E-state index in [4.69, 9.17) is 14.2 Å². The first kappa shape index (κ1) is 18.7. The van der Waals surface area contributed by atoms with E-state index < -0.39 is 0 Å². The summed E-state index contributed by atoms with van der Waals surface area (Å²) in [4.78, 5) is 17.6. The van der Waals surface area contributed by atoms with Gasteiger partial charge in [-0.3, -0.25) is 4.79 Å². The number of nitrogens with zero attached hydrogens (tertiary/aromatic N) is 2. The Balaban J connectivity index is 1.67. The number of rotatable bonds is 7. The number of ether oxygens (including phenoxy) is 1. The van der Waals surface area contributed by atoms with E-state index in [1.165, 1.54) is 6.26 Å². The van der Waals surface area contributed by atoms with Crippen LogP contribution >= 0.6 is 0 Å². The van der Waals surface area contributed by atoms with E-state index in [9.17, 15) is 4.79 Å². The lowest BCUT2D eigenvalue weighted by molar-refractivity contribution is 0.102. The lowest BCUT2D eigenvalue weighted by atomic mass is 10.0. The molecule has 29 heavy (non-hydrogen) atoms. The van der Waals surface area contributed by atoms with Gasteiger partial charge in [0.25, 0.3) is 5.91 Å². The largest absolute Gasteiger partial charge is 0.494 e. The van der Waals surface area contributed by atoms with Crippen LogP contribution in [-0.4, -0.2) is 22.7 Å². The Morgan fingerprint density at radius 1 is 1.10 bits per heavy atom. The number of unbranched alkanes of at least 4 members (excludes halogenated alkanes) is 1. The smallest absolute Gasteiger partial charge is 0.257 e. The summed E-state index contributed by atoms with van der Waals surface area (Å²) < 4.78 is 10.5. The van der Waals surface area contributed by atoms with E-state index in [-0.39, 0.29) is 5.91 Å². The van der Waals surface area contributed by atoms with Crippen molar-refractivity contribution < 1.29 is 14.1 Å². The van der Waals surface area contributed by atoms with Crippen molar-refractivity contribution >= 4 is 22.6 Å². The Kier molecular flexibility index (Phi) is 5.52. The zero-order valence-corrected chi connectivity index (χ0v) is 16.1. The second-order valence-corrected chi connectivity index (χ2v) is 6.64. The summed E-state index contributed by atoms with van der Waals surface area (Å²) in [6.07, 6.45) is 3.53. The SMILES string of the molecule is CCCCOc1ccc(-c2cc(C(=O)Nc3ccon3)c3ccccc3n2)cc1. The van der Waals surface area contributed by atoms with E-state index in [2.05, 4.69) is 17.4 Å². The fourth-order valence-electron chi connectivity index (χ4n) is 3.03. The minimum absolute atomic E-state index is 0.265. The van der Waals surface area contributed by atoms with Crippen molar-refractivity contribution in [2.75, 3.05) is 11.9 Å². The summed E-state index contributed by atoms with van der Waals surface area (Å²) in [7, 11) is 0. The van der Waals surface area contributed by atoms with E-state index in [1.54, 1.807) is 12.1 Å². The second kappa shape index (κ2) is 8.56. The molecule has 0 radical (unpaired) electrons. The Hall–Kier alpha value is -3.67. The number of hydrogen-bond acceptors (Lipinski definition) is 5. The quantitative estimate of drug-likeness (QED) is 0.434. The van der Waals surface area contributed by atoms with Crippen molar-refractivity contribution in [3.63, 3.8) is 0 Å². The van der Waals surface area contributed by atoms with Gasteiger partial charge in [0.2, 0.25) is 0 Å². The van der Waals surface area contributed by atoms with Crippen LogP contribution in [0.5, 0.6) is 5.75 Å². The molecular formula is C23H21N3O3. The summed E-state index contributed by atoms with van der Waals surface area (Å²) in [6.45, 7) is 2.84. The van der Waals surface area contributed by atoms with Crippen molar-refractivity contribution in [3.05, 3.63) is 72.5 Å². The number of pyridine rings is 1. The maximum Gasteiger partial charge on any atom is 0.257 e. The maximum absolute atomic E-state index is 12.9. The molecule has 4 rings (SSSR count). The molecule has 2 aromatic carbocycles. The third-order valence-corrected chi connectivity index (χ3v) is 4.56. The predicted octanol–water partition coefficient (Wildman–Crippen LogP) is 5.32. The Labute approximate surface area is 168 Å². The fourth-order valence-corrected chi connectivity index (χ4v) is 3.03. The number of para-hydroxylation sites is 1. The normalized spacial score (nSPS) is 10.8. The molecule has 0 saturated carbocycles. The van der Waals surface area contributed by atoms with Crippen molar-refractivity contribution in [3.8, 4) is 17.0 Å². The van der Waals surface area contributed by atoms with E-state index in [0.717, 1.165) is 35.1 Å². The highest BCUT2D eigenvalue weighted by atomic mass is 16.5. The van der Waals surface area contributed by atoms with Crippen LogP contribution in [0.25, 0.3) is 22.2 Å². The van der Waals surface area contributed by atoms with Crippen LogP contribution in [-0.2, 0) is 0 Å². The van der Waals surface area contributed by atoms with E-state index in [0.29, 0.717) is 23.7 Å². The van der Waals surface area contributed by atoms with Crippen LogP contribution in [0, 0.1) is 0 Å². The molecule has 2 heterocycles. The van der Waals surface area contributed by atoms with Crippen molar-refractivity contribution in [2.24, 2.45) is 0 Å². The first-order chi connectivity index (χ1) is 14.2. The Bertz CT molecular complexity index is 1110. The number of fused-ring (bicyclic) bond motifs is 1. The lowest BCUT2D eigenvalue weighted by Crippen LogP contribution is -2.13. The molecule has 0 saturated heterocycles. The van der Waals surface area contributed by atoms with Gasteiger partial charge in [0.05, 0.1) is 23.4 Å². The molecule has 2 aromatic heterocycles. The molecule has 4 aromatic rings.